The molecule has 3 rings (SSSR count). The molecule has 2 saturated heterocycles. The van der Waals surface area contributed by atoms with Crippen LogP contribution in [0.5, 0.6) is 0 Å². The summed E-state index contributed by atoms with van der Waals surface area (Å²) in [5.74, 6) is -0.199. The molecule has 2 aliphatic rings. The number of nitro benzene ring substituents is 1. The average molecular weight is 390 g/mol. The molecule has 0 aromatic heterocycles. The average Bonchev–Trinajstić information content (AvgIpc) is 3.16. The first-order valence-corrected chi connectivity index (χ1v) is 9.62. The number of hydrogen-bond acceptors (Lipinski definition) is 5. The van der Waals surface area contributed by atoms with Crippen molar-refractivity contribution in [1.82, 2.24) is 14.7 Å². The van der Waals surface area contributed by atoms with E-state index in [1.54, 1.807) is 23.1 Å². The number of para-hydroxylation sites is 1. The molecule has 28 heavy (non-hydrogen) atoms. The smallest absolute Gasteiger partial charge is 0.407 e. The summed E-state index contributed by atoms with van der Waals surface area (Å²) in [6.07, 6.45) is 1.17. The van der Waals surface area contributed by atoms with Gasteiger partial charge in [-0.25, -0.2) is 4.79 Å². The molecule has 0 spiro atoms. The summed E-state index contributed by atoms with van der Waals surface area (Å²) in [7, 11) is 0. The van der Waals surface area contributed by atoms with E-state index in [4.69, 9.17) is 0 Å². The molecule has 152 valence electrons. The second-order valence-electron chi connectivity index (χ2n) is 7.44. The second kappa shape index (κ2) is 8.55. The molecule has 0 unspecified atom stereocenters. The van der Waals surface area contributed by atoms with E-state index in [-0.39, 0.29) is 36.6 Å². The van der Waals surface area contributed by atoms with E-state index in [0.717, 1.165) is 25.9 Å². The van der Waals surface area contributed by atoms with Crippen molar-refractivity contribution in [1.29, 1.82) is 0 Å². The van der Waals surface area contributed by atoms with Gasteiger partial charge in [0, 0.05) is 31.3 Å². The summed E-state index contributed by atoms with van der Waals surface area (Å²) in [5.41, 5.74) is 0.315. The number of nitrogens with zero attached hydrogens (tertiary/aromatic N) is 4. The Labute approximate surface area is 163 Å². The van der Waals surface area contributed by atoms with Gasteiger partial charge >= 0.3 is 6.09 Å². The van der Waals surface area contributed by atoms with Crippen molar-refractivity contribution in [3.8, 4) is 0 Å². The van der Waals surface area contributed by atoms with Gasteiger partial charge in [-0.05, 0) is 32.9 Å². The van der Waals surface area contributed by atoms with Crippen molar-refractivity contribution in [2.45, 2.75) is 38.3 Å². The molecule has 2 fully saturated rings. The molecular formula is C19H26N4O5. The van der Waals surface area contributed by atoms with Crippen LogP contribution < -0.4 is 0 Å². The first-order chi connectivity index (χ1) is 13.4. The van der Waals surface area contributed by atoms with Crippen LogP contribution in [0.3, 0.4) is 0 Å². The summed E-state index contributed by atoms with van der Waals surface area (Å²) in [4.78, 5) is 40.8. The van der Waals surface area contributed by atoms with Crippen LogP contribution in [0.1, 0.15) is 25.3 Å². The van der Waals surface area contributed by atoms with Crippen LogP contribution in [0.25, 0.3) is 0 Å². The van der Waals surface area contributed by atoms with Crippen LogP contribution in [0.4, 0.5) is 10.5 Å². The van der Waals surface area contributed by atoms with Crippen LogP contribution in [0.15, 0.2) is 24.3 Å². The largest absolute Gasteiger partial charge is 0.465 e. The zero-order valence-corrected chi connectivity index (χ0v) is 16.0. The minimum absolute atomic E-state index is 0.0621. The van der Waals surface area contributed by atoms with Gasteiger partial charge in [0.05, 0.1) is 23.4 Å². The Morgan fingerprint density at radius 1 is 1.14 bits per heavy atom. The summed E-state index contributed by atoms with van der Waals surface area (Å²) >= 11 is 0. The molecule has 9 nitrogen and oxygen atoms in total. The van der Waals surface area contributed by atoms with Gasteiger partial charge in [-0.2, -0.15) is 0 Å². The second-order valence-corrected chi connectivity index (χ2v) is 7.44. The molecule has 1 N–H and O–H groups in total. The number of carboxylic acid groups (broad SMARTS) is 1. The van der Waals surface area contributed by atoms with Crippen LogP contribution in [-0.4, -0.2) is 81.5 Å². The topological polar surface area (TPSA) is 107 Å². The first-order valence-electron chi connectivity index (χ1n) is 9.62. The number of amides is 2. The van der Waals surface area contributed by atoms with Crippen molar-refractivity contribution in [2.75, 3.05) is 32.7 Å². The zero-order valence-electron chi connectivity index (χ0n) is 16.0. The molecule has 1 aromatic carbocycles. The number of rotatable bonds is 5. The minimum Gasteiger partial charge on any atom is -0.465 e. The molecule has 0 bridgehead atoms. The highest BCUT2D eigenvalue weighted by atomic mass is 16.6. The van der Waals surface area contributed by atoms with Crippen LogP contribution in [0, 0.1) is 10.1 Å². The molecule has 0 radical (unpaired) electrons. The first kappa shape index (κ1) is 20.1. The summed E-state index contributed by atoms with van der Waals surface area (Å²) in [6.45, 7) is 4.89. The van der Waals surface area contributed by atoms with E-state index < -0.39 is 11.0 Å². The number of carbonyl (C=O) groups is 2. The van der Waals surface area contributed by atoms with Gasteiger partial charge in [0.2, 0.25) is 5.91 Å². The maximum atomic E-state index is 13.1. The van der Waals surface area contributed by atoms with Crippen molar-refractivity contribution in [3.05, 3.63) is 39.9 Å². The van der Waals surface area contributed by atoms with Crippen molar-refractivity contribution < 1.29 is 19.6 Å². The number of piperazine rings is 1. The Bertz CT molecular complexity index is 750. The lowest BCUT2D eigenvalue weighted by atomic mass is 10.0. The lowest BCUT2D eigenvalue weighted by Crippen LogP contribution is -2.64. The third kappa shape index (κ3) is 4.24. The molecule has 2 heterocycles. The van der Waals surface area contributed by atoms with Gasteiger partial charge in [0.25, 0.3) is 5.69 Å². The molecular weight excluding hydrogens is 364 g/mol. The van der Waals surface area contributed by atoms with Gasteiger partial charge in [0.15, 0.2) is 0 Å². The molecule has 0 saturated carbocycles. The monoisotopic (exact) mass is 390 g/mol. The van der Waals surface area contributed by atoms with Gasteiger partial charge < -0.3 is 19.8 Å². The van der Waals surface area contributed by atoms with Gasteiger partial charge in [-0.3, -0.25) is 14.9 Å². The van der Waals surface area contributed by atoms with E-state index >= 15 is 0 Å². The zero-order chi connectivity index (χ0) is 20.3. The Kier molecular flexibility index (Phi) is 6.13. The Morgan fingerprint density at radius 2 is 1.79 bits per heavy atom. The fourth-order valence-electron chi connectivity index (χ4n) is 4.22. The number of carbonyl (C=O) groups excluding carboxylic acids is 1. The maximum absolute atomic E-state index is 13.1. The Morgan fingerprint density at radius 3 is 2.43 bits per heavy atom. The number of hydrogen-bond donors (Lipinski definition) is 1. The summed E-state index contributed by atoms with van der Waals surface area (Å²) < 4.78 is 0. The van der Waals surface area contributed by atoms with E-state index in [9.17, 15) is 24.8 Å². The standard InChI is InChI=1S/C19H26N4O5/c1-14-17(13-20-8-4-5-9-20)22(11-10-21(14)19(25)26)18(24)12-15-6-2-3-7-16(15)23(27)28/h2-3,6-7,14,17H,4-5,8-13H2,1H3,(H,25,26)/t14-,17+/m1/s1. The number of likely N-dealkylation sites (tertiary alicyclic amines) is 1. The van der Waals surface area contributed by atoms with Crippen LogP contribution in [-0.2, 0) is 11.2 Å². The molecule has 2 amide bonds. The van der Waals surface area contributed by atoms with E-state index in [2.05, 4.69) is 4.90 Å². The fraction of sp³-hybridized carbons (Fsp3) is 0.579. The highest BCUT2D eigenvalue weighted by Gasteiger charge is 2.39. The van der Waals surface area contributed by atoms with Crippen LogP contribution in [0.2, 0.25) is 0 Å². The Balaban J connectivity index is 1.80. The van der Waals surface area contributed by atoms with Crippen molar-refractivity contribution in [2.24, 2.45) is 0 Å². The summed E-state index contributed by atoms with van der Waals surface area (Å²) in [5, 5.41) is 20.7. The normalized spacial score (nSPS) is 23.0. The third-order valence-corrected chi connectivity index (χ3v) is 5.77. The fourth-order valence-corrected chi connectivity index (χ4v) is 4.22. The number of benzene rings is 1. The lowest BCUT2D eigenvalue weighted by molar-refractivity contribution is -0.385. The van der Waals surface area contributed by atoms with Crippen LogP contribution >= 0.6 is 0 Å². The lowest BCUT2D eigenvalue weighted by Gasteiger charge is -2.46. The van der Waals surface area contributed by atoms with E-state index in [1.807, 2.05) is 6.92 Å². The van der Waals surface area contributed by atoms with Crippen molar-refractivity contribution >= 4 is 17.7 Å². The predicted octanol–water partition coefficient (Wildman–Crippen LogP) is 1.81. The molecule has 9 heteroatoms. The molecule has 1 aromatic rings. The van der Waals surface area contributed by atoms with Crippen molar-refractivity contribution in [3.63, 3.8) is 0 Å². The third-order valence-electron chi connectivity index (χ3n) is 5.77. The molecule has 2 atom stereocenters. The SMILES string of the molecule is C[C@@H]1[C@H](CN2CCCC2)N(C(=O)Cc2ccccc2[N+](=O)[O-])CCN1C(=O)O. The van der Waals surface area contributed by atoms with E-state index in [0.29, 0.717) is 18.7 Å². The number of nitro groups is 1. The highest BCUT2D eigenvalue weighted by Crippen LogP contribution is 2.24. The minimum atomic E-state index is -0.982. The highest BCUT2D eigenvalue weighted by molar-refractivity contribution is 5.81. The van der Waals surface area contributed by atoms with Gasteiger partial charge in [-0.15, -0.1) is 0 Å². The summed E-state index contributed by atoms with van der Waals surface area (Å²) in [6, 6.07) is 5.66. The van der Waals surface area contributed by atoms with Gasteiger partial charge in [0.1, 0.15) is 0 Å². The predicted molar refractivity (Wildman–Crippen MR) is 102 cm³/mol. The molecule has 0 aliphatic carbocycles. The quantitative estimate of drug-likeness (QED) is 0.607. The Hall–Kier alpha value is -2.68. The van der Waals surface area contributed by atoms with E-state index in [1.165, 1.54) is 11.0 Å². The van der Waals surface area contributed by atoms with Gasteiger partial charge in [-0.1, -0.05) is 18.2 Å². The maximum Gasteiger partial charge on any atom is 0.407 e. The molecule has 2 aliphatic heterocycles.